The number of hydrogen-bond acceptors (Lipinski definition) is 3. The van der Waals surface area contributed by atoms with Gasteiger partial charge in [0, 0.05) is 29.6 Å². The number of carbonyl (C=O) groups excluding carboxylic acids is 2. The van der Waals surface area contributed by atoms with Gasteiger partial charge in [0.15, 0.2) is 6.61 Å². The quantitative estimate of drug-likeness (QED) is 0.306. The Morgan fingerprint density at radius 3 is 2.14 bits per heavy atom. The molecule has 0 unspecified atom stereocenters. The highest BCUT2D eigenvalue weighted by molar-refractivity contribution is 6.30. The molecule has 1 atom stereocenters. The van der Waals surface area contributed by atoms with Crippen LogP contribution in [-0.4, -0.2) is 35.9 Å². The highest BCUT2D eigenvalue weighted by Gasteiger charge is 2.30. The predicted octanol–water partition coefficient (Wildman–Crippen LogP) is 5.93. The maximum absolute atomic E-state index is 13.5. The molecule has 0 heterocycles. The maximum Gasteiger partial charge on any atom is 0.261 e. The smallest absolute Gasteiger partial charge is 0.261 e. The van der Waals surface area contributed by atoms with Gasteiger partial charge in [-0.05, 0) is 53.9 Å². The van der Waals surface area contributed by atoms with E-state index in [1.807, 2.05) is 42.5 Å². The van der Waals surface area contributed by atoms with Crippen LogP contribution in [0.2, 0.25) is 10.0 Å². The summed E-state index contributed by atoms with van der Waals surface area (Å²) in [4.78, 5) is 28.4. The van der Waals surface area contributed by atoms with Gasteiger partial charge in [0.1, 0.15) is 11.8 Å². The Morgan fingerprint density at radius 1 is 0.886 bits per heavy atom. The summed E-state index contributed by atoms with van der Waals surface area (Å²) in [7, 11) is 0. The van der Waals surface area contributed by atoms with Crippen molar-refractivity contribution >= 4 is 35.0 Å². The van der Waals surface area contributed by atoms with E-state index in [0.717, 1.165) is 24.0 Å². The molecule has 0 saturated heterocycles. The molecule has 0 radical (unpaired) electrons. The Kier molecular flexibility index (Phi) is 10.5. The molecule has 3 aromatic rings. The molecule has 0 aromatic heterocycles. The number of nitrogens with one attached hydrogen (secondary N) is 1. The second kappa shape index (κ2) is 13.8. The minimum atomic E-state index is -0.703. The monoisotopic (exact) mass is 512 g/mol. The van der Waals surface area contributed by atoms with Crippen LogP contribution < -0.4 is 10.1 Å². The van der Waals surface area contributed by atoms with Gasteiger partial charge in [-0.3, -0.25) is 9.59 Å². The van der Waals surface area contributed by atoms with Gasteiger partial charge in [0.25, 0.3) is 5.91 Å². The van der Waals surface area contributed by atoms with Crippen molar-refractivity contribution in [3.63, 3.8) is 0 Å². The number of carbonyl (C=O) groups is 2. The fraction of sp³-hybridized carbons (Fsp3) is 0.286. The molecule has 2 amide bonds. The van der Waals surface area contributed by atoms with E-state index in [1.165, 1.54) is 0 Å². The number of amides is 2. The van der Waals surface area contributed by atoms with Gasteiger partial charge in [-0.25, -0.2) is 0 Å². The van der Waals surface area contributed by atoms with Crippen molar-refractivity contribution in [2.24, 2.45) is 0 Å². The first kappa shape index (κ1) is 26.6. The van der Waals surface area contributed by atoms with Crippen LogP contribution >= 0.6 is 23.2 Å². The fourth-order valence-electron chi connectivity index (χ4n) is 3.61. The highest BCUT2D eigenvalue weighted by atomic mass is 35.5. The van der Waals surface area contributed by atoms with Crippen LogP contribution in [0.1, 0.15) is 30.9 Å². The third-order valence-electron chi connectivity index (χ3n) is 5.54. The summed E-state index contributed by atoms with van der Waals surface area (Å²) in [5.41, 5.74) is 1.84. The van der Waals surface area contributed by atoms with Gasteiger partial charge in [-0.15, -0.1) is 0 Å². The molecule has 0 aliphatic rings. The lowest BCUT2D eigenvalue weighted by Crippen LogP contribution is -2.51. The zero-order chi connectivity index (χ0) is 25.0. The van der Waals surface area contributed by atoms with Crippen molar-refractivity contribution < 1.29 is 14.3 Å². The normalized spacial score (nSPS) is 11.5. The molecule has 184 valence electrons. The summed E-state index contributed by atoms with van der Waals surface area (Å²) in [5, 5.41) is 4.20. The molecule has 0 fully saturated rings. The Bertz CT molecular complexity index is 1070. The average Bonchev–Trinajstić information content (AvgIpc) is 2.87. The summed E-state index contributed by atoms with van der Waals surface area (Å²) in [5.74, 6) is 0.0544. The Morgan fingerprint density at radius 2 is 1.51 bits per heavy atom. The number of nitrogens with zero attached hydrogens (tertiary/aromatic N) is 1. The highest BCUT2D eigenvalue weighted by Crippen LogP contribution is 2.19. The molecule has 1 N–H and O–H groups in total. The van der Waals surface area contributed by atoms with E-state index in [2.05, 4.69) is 12.2 Å². The summed E-state index contributed by atoms with van der Waals surface area (Å²) in [6.45, 7) is 2.67. The molecule has 35 heavy (non-hydrogen) atoms. The number of hydrogen-bond donors (Lipinski definition) is 1. The van der Waals surface area contributed by atoms with E-state index in [1.54, 1.807) is 41.3 Å². The van der Waals surface area contributed by atoms with E-state index in [0.29, 0.717) is 28.8 Å². The molecule has 0 aliphatic heterocycles. The number of ether oxygens (including phenoxy) is 1. The number of rotatable bonds is 12. The van der Waals surface area contributed by atoms with E-state index < -0.39 is 6.04 Å². The van der Waals surface area contributed by atoms with Gasteiger partial charge in [-0.2, -0.15) is 0 Å². The molecule has 0 aliphatic carbocycles. The van der Waals surface area contributed by atoms with E-state index in [-0.39, 0.29) is 25.0 Å². The second-order valence-corrected chi connectivity index (χ2v) is 9.11. The summed E-state index contributed by atoms with van der Waals surface area (Å²) in [6.07, 6.45) is 2.22. The standard InChI is InChI=1S/C28H30Cl2N2O3/c1-2-3-17-31-28(34)26(18-21-7-5-4-6-8-21)32(19-22-9-11-23(29)12-10-22)27(33)20-35-25-15-13-24(30)14-16-25/h4-16,26H,2-3,17-20H2,1H3,(H,31,34)/t26-/m1/s1. The Labute approximate surface area is 217 Å². The molecule has 7 heteroatoms. The predicted molar refractivity (Wildman–Crippen MR) is 141 cm³/mol. The fourth-order valence-corrected chi connectivity index (χ4v) is 3.86. The third-order valence-corrected chi connectivity index (χ3v) is 6.05. The first-order valence-corrected chi connectivity index (χ1v) is 12.5. The summed E-state index contributed by atoms with van der Waals surface area (Å²) >= 11 is 12.0. The largest absolute Gasteiger partial charge is 0.484 e. The van der Waals surface area contributed by atoms with E-state index >= 15 is 0 Å². The Balaban J connectivity index is 1.86. The van der Waals surface area contributed by atoms with Crippen LogP contribution in [0.5, 0.6) is 5.75 Å². The molecule has 3 rings (SSSR count). The van der Waals surface area contributed by atoms with Crippen molar-refractivity contribution in [2.75, 3.05) is 13.2 Å². The number of halogens is 2. The molecule has 0 saturated carbocycles. The zero-order valence-corrected chi connectivity index (χ0v) is 21.3. The number of benzene rings is 3. The summed E-state index contributed by atoms with van der Waals surface area (Å²) < 4.78 is 5.74. The lowest BCUT2D eigenvalue weighted by molar-refractivity contribution is -0.142. The molecule has 3 aromatic carbocycles. The van der Waals surface area contributed by atoms with E-state index in [9.17, 15) is 9.59 Å². The third kappa shape index (κ3) is 8.61. The van der Waals surface area contributed by atoms with Crippen molar-refractivity contribution in [2.45, 2.75) is 38.8 Å². The zero-order valence-electron chi connectivity index (χ0n) is 19.8. The first-order chi connectivity index (χ1) is 17.0. The van der Waals surface area contributed by atoms with Crippen LogP contribution in [0.25, 0.3) is 0 Å². The minimum absolute atomic E-state index is 0.184. The van der Waals surface area contributed by atoms with Crippen molar-refractivity contribution in [3.8, 4) is 5.75 Å². The van der Waals surface area contributed by atoms with Crippen LogP contribution in [-0.2, 0) is 22.6 Å². The lowest BCUT2D eigenvalue weighted by atomic mass is 10.0. The van der Waals surface area contributed by atoms with E-state index in [4.69, 9.17) is 27.9 Å². The minimum Gasteiger partial charge on any atom is -0.484 e. The van der Waals surface area contributed by atoms with Crippen molar-refractivity contribution in [1.29, 1.82) is 0 Å². The topological polar surface area (TPSA) is 58.6 Å². The maximum atomic E-state index is 13.5. The molecule has 0 bridgehead atoms. The molecule has 5 nitrogen and oxygen atoms in total. The van der Waals surface area contributed by atoms with Crippen molar-refractivity contribution in [3.05, 3.63) is 100 Å². The summed E-state index contributed by atoms with van der Waals surface area (Å²) in [6, 6.07) is 23.1. The van der Waals surface area contributed by atoms with Crippen LogP contribution in [0.3, 0.4) is 0 Å². The first-order valence-electron chi connectivity index (χ1n) is 11.7. The lowest BCUT2D eigenvalue weighted by Gasteiger charge is -2.31. The van der Waals surface area contributed by atoms with Gasteiger partial charge in [0.2, 0.25) is 5.91 Å². The van der Waals surface area contributed by atoms with Crippen LogP contribution in [0.15, 0.2) is 78.9 Å². The van der Waals surface area contributed by atoms with Crippen molar-refractivity contribution in [1.82, 2.24) is 10.2 Å². The number of unbranched alkanes of at least 4 members (excludes halogenated alkanes) is 1. The second-order valence-electron chi connectivity index (χ2n) is 8.24. The van der Waals surface area contributed by atoms with Gasteiger partial charge in [0.05, 0.1) is 0 Å². The van der Waals surface area contributed by atoms with Gasteiger partial charge in [-0.1, -0.05) is 79.0 Å². The van der Waals surface area contributed by atoms with Crippen LogP contribution in [0.4, 0.5) is 0 Å². The Hall–Kier alpha value is -3.02. The SMILES string of the molecule is CCCCNC(=O)[C@@H](Cc1ccccc1)N(Cc1ccc(Cl)cc1)C(=O)COc1ccc(Cl)cc1. The molecular weight excluding hydrogens is 483 g/mol. The van der Waals surface area contributed by atoms with Gasteiger partial charge >= 0.3 is 0 Å². The average molecular weight is 513 g/mol. The molecule has 0 spiro atoms. The van der Waals surface area contributed by atoms with Crippen LogP contribution in [0, 0.1) is 0 Å². The van der Waals surface area contributed by atoms with Gasteiger partial charge < -0.3 is 15.0 Å². The molecular formula is C28H30Cl2N2O3.